The lowest BCUT2D eigenvalue weighted by Gasteiger charge is -2.11. The highest BCUT2D eigenvalue weighted by Crippen LogP contribution is 2.21. The first kappa shape index (κ1) is 20.9. The van der Waals surface area contributed by atoms with Crippen LogP contribution >= 0.6 is 0 Å². The molecule has 2 aromatic heterocycles. The SMILES string of the molecule is CN=C(NCCCc1nn(-c2ccc(F)cc2)c(N)c1C#N)NCc1ccnn1C. The van der Waals surface area contributed by atoms with Crippen molar-refractivity contribution in [2.24, 2.45) is 12.0 Å². The van der Waals surface area contributed by atoms with Crippen molar-refractivity contribution in [1.82, 2.24) is 30.2 Å². The Morgan fingerprint density at radius 3 is 2.67 bits per heavy atom. The summed E-state index contributed by atoms with van der Waals surface area (Å²) < 4.78 is 16.4. The molecule has 0 bridgehead atoms. The van der Waals surface area contributed by atoms with Crippen LogP contribution in [0.4, 0.5) is 10.2 Å². The standard InChI is InChI=1S/C20H24FN9/c1-24-20(26-13-16-9-11-27-29(16)2)25-10-3-4-18-17(12-22)19(23)30(28-18)15-7-5-14(21)6-8-15/h5-9,11H,3-4,10,13,23H2,1-2H3,(H2,24,25,26). The highest BCUT2D eigenvalue weighted by Gasteiger charge is 2.16. The van der Waals surface area contributed by atoms with Crippen LogP contribution in [0.1, 0.15) is 23.4 Å². The van der Waals surface area contributed by atoms with Crippen molar-refractivity contribution in [3.63, 3.8) is 0 Å². The van der Waals surface area contributed by atoms with E-state index in [-0.39, 0.29) is 11.6 Å². The first-order valence-corrected chi connectivity index (χ1v) is 9.48. The van der Waals surface area contributed by atoms with Gasteiger partial charge >= 0.3 is 0 Å². The van der Waals surface area contributed by atoms with Crippen molar-refractivity contribution in [3.8, 4) is 11.8 Å². The second-order valence-electron chi connectivity index (χ2n) is 6.61. The van der Waals surface area contributed by atoms with E-state index >= 15 is 0 Å². The van der Waals surface area contributed by atoms with E-state index in [4.69, 9.17) is 5.73 Å². The van der Waals surface area contributed by atoms with E-state index in [2.05, 4.69) is 31.9 Å². The number of nitrogen functional groups attached to an aromatic ring is 1. The molecule has 0 spiro atoms. The van der Waals surface area contributed by atoms with Gasteiger partial charge in [-0.25, -0.2) is 9.07 Å². The van der Waals surface area contributed by atoms with E-state index in [0.29, 0.717) is 42.4 Å². The number of aromatic nitrogens is 4. The zero-order chi connectivity index (χ0) is 21.5. The number of halogens is 1. The predicted molar refractivity (Wildman–Crippen MR) is 112 cm³/mol. The first-order valence-electron chi connectivity index (χ1n) is 9.48. The van der Waals surface area contributed by atoms with Gasteiger partial charge in [-0.05, 0) is 43.2 Å². The summed E-state index contributed by atoms with van der Waals surface area (Å²) in [5.74, 6) is 0.579. The van der Waals surface area contributed by atoms with Crippen LogP contribution in [-0.4, -0.2) is 39.1 Å². The zero-order valence-electron chi connectivity index (χ0n) is 16.9. The molecule has 0 aliphatic rings. The number of nitrogens with one attached hydrogen (secondary N) is 2. The molecule has 10 heteroatoms. The van der Waals surface area contributed by atoms with E-state index in [9.17, 15) is 9.65 Å². The Hall–Kier alpha value is -3.87. The summed E-state index contributed by atoms with van der Waals surface area (Å²) in [6.45, 7) is 1.24. The number of nitriles is 1. The highest BCUT2D eigenvalue weighted by molar-refractivity contribution is 5.79. The van der Waals surface area contributed by atoms with Crippen LogP contribution in [0.3, 0.4) is 0 Å². The number of rotatable bonds is 7. The van der Waals surface area contributed by atoms with Gasteiger partial charge in [0.15, 0.2) is 5.96 Å². The van der Waals surface area contributed by atoms with Crippen molar-refractivity contribution in [2.75, 3.05) is 19.3 Å². The van der Waals surface area contributed by atoms with Gasteiger partial charge in [-0.2, -0.15) is 15.5 Å². The molecule has 9 nitrogen and oxygen atoms in total. The molecular weight excluding hydrogens is 385 g/mol. The van der Waals surface area contributed by atoms with E-state index in [0.717, 1.165) is 12.1 Å². The van der Waals surface area contributed by atoms with Crippen LogP contribution < -0.4 is 16.4 Å². The van der Waals surface area contributed by atoms with Gasteiger partial charge in [-0.1, -0.05) is 0 Å². The van der Waals surface area contributed by atoms with Gasteiger partial charge in [0.1, 0.15) is 23.3 Å². The van der Waals surface area contributed by atoms with E-state index in [1.54, 1.807) is 30.1 Å². The number of aliphatic imine (C=N–C) groups is 1. The molecule has 0 aliphatic carbocycles. The Morgan fingerprint density at radius 1 is 1.27 bits per heavy atom. The monoisotopic (exact) mass is 409 g/mol. The maximum Gasteiger partial charge on any atom is 0.191 e. The van der Waals surface area contributed by atoms with Crippen molar-refractivity contribution < 1.29 is 4.39 Å². The average molecular weight is 409 g/mol. The number of anilines is 1. The molecule has 156 valence electrons. The molecule has 2 heterocycles. The molecule has 1 aromatic carbocycles. The van der Waals surface area contributed by atoms with Crippen LogP contribution in [0, 0.1) is 17.1 Å². The molecule has 3 rings (SSSR count). The van der Waals surface area contributed by atoms with Gasteiger partial charge in [0.25, 0.3) is 0 Å². The van der Waals surface area contributed by atoms with Crippen LogP contribution in [0.25, 0.3) is 5.69 Å². The number of aryl methyl sites for hydroxylation is 2. The van der Waals surface area contributed by atoms with Gasteiger partial charge in [0.2, 0.25) is 0 Å². The minimum atomic E-state index is -0.346. The van der Waals surface area contributed by atoms with Crippen LogP contribution in [0.15, 0.2) is 41.5 Å². The Morgan fingerprint density at radius 2 is 2.03 bits per heavy atom. The van der Waals surface area contributed by atoms with Gasteiger partial charge in [0, 0.05) is 26.8 Å². The quantitative estimate of drug-likeness (QED) is 0.309. The second-order valence-corrected chi connectivity index (χ2v) is 6.61. The fourth-order valence-electron chi connectivity index (χ4n) is 2.99. The van der Waals surface area contributed by atoms with Gasteiger partial charge in [0.05, 0.1) is 23.6 Å². The summed E-state index contributed by atoms with van der Waals surface area (Å²) in [4.78, 5) is 4.20. The number of hydrogen-bond donors (Lipinski definition) is 3. The lowest BCUT2D eigenvalue weighted by atomic mass is 10.1. The Balaban J connectivity index is 1.56. The lowest BCUT2D eigenvalue weighted by Crippen LogP contribution is -2.37. The number of hydrogen-bond acceptors (Lipinski definition) is 5. The second kappa shape index (κ2) is 9.56. The summed E-state index contributed by atoms with van der Waals surface area (Å²) in [6.07, 6.45) is 3.03. The minimum absolute atomic E-state index is 0.251. The van der Waals surface area contributed by atoms with Gasteiger partial charge < -0.3 is 16.4 Å². The number of nitrogens with zero attached hydrogens (tertiary/aromatic N) is 6. The third kappa shape index (κ3) is 4.75. The molecule has 0 fully saturated rings. The molecule has 0 unspecified atom stereocenters. The average Bonchev–Trinajstić information content (AvgIpc) is 3.30. The Labute approximate surface area is 174 Å². The number of nitrogens with two attached hydrogens (primary N) is 1. The van der Waals surface area contributed by atoms with E-state index < -0.39 is 0 Å². The van der Waals surface area contributed by atoms with Gasteiger partial charge in [-0.15, -0.1) is 0 Å². The van der Waals surface area contributed by atoms with Crippen molar-refractivity contribution in [1.29, 1.82) is 5.26 Å². The summed E-state index contributed by atoms with van der Waals surface area (Å²) in [5.41, 5.74) is 8.69. The Kier molecular flexibility index (Phi) is 6.64. The summed E-state index contributed by atoms with van der Waals surface area (Å²) >= 11 is 0. The van der Waals surface area contributed by atoms with Crippen molar-refractivity contribution in [3.05, 3.63) is 59.3 Å². The van der Waals surface area contributed by atoms with E-state index in [1.807, 2.05) is 13.1 Å². The molecule has 0 amide bonds. The van der Waals surface area contributed by atoms with Crippen LogP contribution in [0.5, 0.6) is 0 Å². The topological polar surface area (TPSA) is 122 Å². The molecule has 30 heavy (non-hydrogen) atoms. The fourth-order valence-corrected chi connectivity index (χ4v) is 2.99. The smallest absolute Gasteiger partial charge is 0.191 e. The van der Waals surface area contributed by atoms with Crippen LogP contribution in [0.2, 0.25) is 0 Å². The third-order valence-electron chi connectivity index (χ3n) is 4.64. The zero-order valence-corrected chi connectivity index (χ0v) is 16.9. The molecule has 3 aromatic rings. The van der Waals surface area contributed by atoms with E-state index in [1.165, 1.54) is 16.8 Å². The summed E-state index contributed by atoms with van der Waals surface area (Å²) in [5, 5.41) is 24.5. The lowest BCUT2D eigenvalue weighted by molar-refractivity contribution is 0.627. The summed E-state index contributed by atoms with van der Waals surface area (Å²) in [6, 6.07) is 9.86. The molecule has 0 saturated carbocycles. The molecular formula is C20H24FN9. The number of guanidine groups is 1. The number of benzene rings is 1. The van der Waals surface area contributed by atoms with Crippen molar-refractivity contribution in [2.45, 2.75) is 19.4 Å². The largest absolute Gasteiger partial charge is 0.382 e. The fraction of sp³-hybridized carbons (Fsp3) is 0.300. The van der Waals surface area contributed by atoms with Gasteiger partial charge in [-0.3, -0.25) is 9.67 Å². The predicted octanol–water partition coefficient (Wildman–Crippen LogP) is 1.50. The van der Waals surface area contributed by atoms with Crippen molar-refractivity contribution >= 4 is 11.8 Å². The minimum Gasteiger partial charge on any atom is -0.382 e. The molecule has 0 radical (unpaired) electrons. The summed E-state index contributed by atoms with van der Waals surface area (Å²) in [7, 11) is 3.59. The molecule has 0 aliphatic heterocycles. The highest BCUT2D eigenvalue weighted by atomic mass is 19.1. The Bertz CT molecular complexity index is 1060. The van der Waals surface area contributed by atoms with Crippen LogP contribution in [-0.2, 0) is 20.0 Å². The normalized spacial score (nSPS) is 11.3. The third-order valence-corrected chi connectivity index (χ3v) is 4.64. The maximum absolute atomic E-state index is 13.2. The molecule has 0 saturated heterocycles. The molecule has 0 atom stereocenters. The molecule has 4 N–H and O–H groups in total. The first-order chi connectivity index (χ1) is 14.5. The maximum atomic E-state index is 13.2.